The number of thioether (sulfide) groups is 1. The van der Waals surface area contributed by atoms with Crippen molar-refractivity contribution in [3.05, 3.63) is 73.3 Å². The Balaban J connectivity index is 1.25. The van der Waals surface area contributed by atoms with Gasteiger partial charge in [-0.3, -0.25) is 0 Å². The molecule has 0 bridgehead atoms. The fraction of sp³-hybridized carbons (Fsp3) is 0.360. The summed E-state index contributed by atoms with van der Waals surface area (Å²) in [6, 6.07) is 17.7. The van der Waals surface area contributed by atoms with Crippen LogP contribution < -0.4 is 14.0 Å². The van der Waals surface area contributed by atoms with Crippen molar-refractivity contribution in [3.8, 4) is 11.1 Å². The van der Waals surface area contributed by atoms with Gasteiger partial charge in [0.1, 0.15) is 13.1 Å². The number of unbranched alkanes of at least 4 members (excludes halogenated alkanes) is 2. The van der Waals surface area contributed by atoms with Crippen LogP contribution in [0.3, 0.4) is 0 Å². The average Bonchev–Trinajstić information content (AvgIpc) is 3.19. The number of fused-ring (bicyclic) bond motifs is 1. The summed E-state index contributed by atoms with van der Waals surface area (Å²) in [6.45, 7) is 5.56. The molecule has 1 aliphatic heterocycles. The molecule has 0 fully saturated rings. The number of aryl methyl sites for hydroxylation is 2. The molecule has 0 amide bonds. The molecule has 0 aliphatic carbocycles. The molecule has 3 heterocycles. The third-order valence-corrected chi connectivity index (χ3v) is 6.66. The number of para-hydroxylation sites is 1. The molecule has 150 valence electrons. The number of nitrogens with zero attached hydrogens (tertiary/aromatic N) is 3. The van der Waals surface area contributed by atoms with E-state index in [1.54, 1.807) is 0 Å². The molecule has 0 saturated heterocycles. The van der Waals surface area contributed by atoms with Gasteiger partial charge in [0.2, 0.25) is 0 Å². The number of hydrogen-bond donors (Lipinski definition) is 0. The minimum atomic E-state index is 1.08. The van der Waals surface area contributed by atoms with Gasteiger partial charge in [-0.2, -0.15) is 0 Å². The smallest absolute Gasteiger partial charge is 0.169 e. The Hall–Kier alpha value is -2.33. The molecule has 0 atom stereocenters. The van der Waals surface area contributed by atoms with Crippen LogP contribution in [0.2, 0.25) is 0 Å². The topological polar surface area (TPSA) is 11.0 Å². The van der Waals surface area contributed by atoms with Crippen molar-refractivity contribution in [2.24, 2.45) is 0 Å². The van der Waals surface area contributed by atoms with Gasteiger partial charge in [0, 0.05) is 48.5 Å². The summed E-state index contributed by atoms with van der Waals surface area (Å²) < 4.78 is 4.58. The summed E-state index contributed by atoms with van der Waals surface area (Å²) in [6.07, 6.45) is 13.7. The second-order valence-corrected chi connectivity index (χ2v) is 8.70. The van der Waals surface area contributed by atoms with Gasteiger partial charge in [0.05, 0.1) is 11.6 Å². The lowest BCUT2D eigenvalue weighted by Gasteiger charge is -2.17. The Kier molecular flexibility index (Phi) is 6.83. The zero-order valence-electron chi connectivity index (χ0n) is 17.3. The molecular weight excluding hydrogens is 374 g/mol. The van der Waals surface area contributed by atoms with Crippen molar-refractivity contribution in [3.63, 3.8) is 0 Å². The van der Waals surface area contributed by atoms with Gasteiger partial charge < -0.3 is 4.90 Å². The fourth-order valence-corrected chi connectivity index (χ4v) is 4.86. The van der Waals surface area contributed by atoms with E-state index in [0.29, 0.717) is 0 Å². The van der Waals surface area contributed by atoms with Crippen LogP contribution in [0.25, 0.3) is 11.1 Å². The first-order chi connectivity index (χ1) is 14.3. The first kappa shape index (κ1) is 20.0. The first-order valence-corrected chi connectivity index (χ1v) is 11.8. The van der Waals surface area contributed by atoms with E-state index in [2.05, 4.69) is 94.3 Å². The van der Waals surface area contributed by atoms with E-state index in [9.17, 15) is 0 Å². The summed E-state index contributed by atoms with van der Waals surface area (Å²) in [7, 11) is 0. The van der Waals surface area contributed by atoms with Crippen LogP contribution in [-0.4, -0.2) is 12.4 Å². The van der Waals surface area contributed by atoms with E-state index in [0.717, 1.165) is 25.5 Å². The fourth-order valence-electron chi connectivity index (χ4n) is 3.78. The van der Waals surface area contributed by atoms with Crippen molar-refractivity contribution in [1.29, 1.82) is 0 Å². The molecule has 0 N–H and O–H groups in total. The van der Waals surface area contributed by atoms with Crippen molar-refractivity contribution in [1.82, 2.24) is 0 Å². The zero-order valence-corrected chi connectivity index (χ0v) is 18.2. The third kappa shape index (κ3) is 5.18. The molecule has 1 aromatic carbocycles. The van der Waals surface area contributed by atoms with Gasteiger partial charge in [0.25, 0.3) is 0 Å². The van der Waals surface area contributed by atoms with Crippen LogP contribution in [0.1, 0.15) is 32.6 Å². The monoisotopic (exact) mass is 405 g/mol. The molecule has 0 radical (unpaired) electrons. The summed E-state index contributed by atoms with van der Waals surface area (Å²) in [5, 5.41) is 0. The predicted octanol–water partition coefficient (Wildman–Crippen LogP) is 5.08. The Morgan fingerprint density at radius 2 is 1.41 bits per heavy atom. The lowest BCUT2D eigenvalue weighted by molar-refractivity contribution is -0.697. The zero-order chi connectivity index (χ0) is 19.9. The normalized spacial score (nSPS) is 12.9. The Morgan fingerprint density at radius 3 is 2.07 bits per heavy atom. The first-order valence-electron chi connectivity index (χ1n) is 10.8. The minimum absolute atomic E-state index is 1.08. The van der Waals surface area contributed by atoms with Gasteiger partial charge in [-0.15, -0.1) is 11.8 Å². The molecule has 0 saturated carbocycles. The highest BCUT2D eigenvalue weighted by atomic mass is 32.2. The van der Waals surface area contributed by atoms with Gasteiger partial charge in [-0.05, 0) is 29.7 Å². The predicted molar refractivity (Wildman–Crippen MR) is 121 cm³/mol. The maximum Gasteiger partial charge on any atom is 0.169 e. The minimum Gasteiger partial charge on any atom is -0.361 e. The quantitative estimate of drug-likeness (QED) is 0.363. The SMILES string of the molecule is CCCC[n+]1ccc(-c2cc[n+](CCCCN3CSc4ccccc43)cc2)cc1. The van der Waals surface area contributed by atoms with Crippen LogP contribution in [0.4, 0.5) is 5.69 Å². The van der Waals surface area contributed by atoms with Crippen LogP contribution in [0.15, 0.2) is 78.2 Å². The number of pyridine rings is 2. The molecular formula is C25H31N3S+2. The Bertz CT molecular complexity index is 906. The van der Waals surface area contributed by atoms with E-state index in [4.69, 9.17) is 0 Å². The van der Waals surface area contributed by atoms with E-state index in [1.165, 1.54) is 47.4 Å². The lowest BCUT2D eigenvalue weighted by Crippen LogP contribution is -2.33. The number of rotatable bonds is 9. The summed E-state index contributed by atoms with van der Waals surface area (Å²) in [4.78, 5) is 3.94. The van der Waals surface area contributed by atoms with Crippen molar-refractivity contribution in [2.75, 3.05) is 17.3 Å². The standard InChI is InChI=1S/C25H31N3S/c1-2-3-14-26-17-10-22(11-18-26)23-12-19-27(20-13-23)15-6-7-16-28-21-29-25-9-5-4-8-24(25)28/h4-5,8-13,17-20H,2-3,6-7,14-16,21H2,1H3/q+2. The van der Waals surface area contributed by atoms with Crippen LogP contribution >= 0.6 is 11.8 Å². The van der Waals surface area contributed by atoms with Gasteiger partial charge in [0.15, 0.2) is 24.8 Å². The molecule has 1 aliphatic rings. The highest BCUT2D eigenvalue weighted by Gasteiger charge is 2.18. The lowest BCUT2D eigenvalue weighted by atomic mass is 10.1. The van der Waals surface area contributed by atoms with E-state index >= 15 is 0 Å². The molecule has 0 spiro atoms. The molecule has 2 aromatic heterocycles. The number of aromatic nitrogens is 2. The Morgan fingerprint density at radius 1 is 0.793 bits per heavy atom. The molecule has 4 heteroatoms. The third-order valence-electron chi connectivity index (χ3n) is 5.56. The summed E-state index contributed by atoms with van der Waals surface area (Å²) >= 11 is 1.95. The van der Waals surface area contributed by atoms with E-state index in [-0.39, 0.29) is 0 Å². The summed E-state index contributed by atoms with van der Waals surface area (Å²) in [5.74, 6) is 1.09. The maximum absolute atomic E-state index is 2.51. The van der Waals surface area contributed by atoms with Crippen molar-refractivity contribution < 1.29 is 9.13 Å². The maximum atomic E-state index is 2.51. The molecule has 3 nitrogen and oxygen atoms in total. The van der Waals surface area contributed by atoms with Crippen LogP contribution in [0.5, 0.6) is 0 Å². The van der Waals surface area contributed by atoms with Gasteiger partial charge >= 0.3 is 0 Å². The van der Waals surface area contributed by atoms with Gasteiger partial charge in [-0.1, -0.05) is 25.5 Å². The second kappa shape index (κ2) is 9.93. The van der Waals surface area contributed by atoms with Crippen molar-refractivity contribution in [2.45, 2.75) is 50.6 Å². The van der Waals surface area contributed by atoms with Crippen LogP contribution in [0, 0.1) is 0 Å². The summed E-state index contributed by atoms with van der Waals surface area (Å²) in [5.41, 5.74) is 3.98. The Labute approximate surface area is 179 Å². The molecule has 29 heavy (non-hydrogen) atoms. The largest absolute Gasteiger partial charge is 0.361 e. The van der Waals surface area contributed by atoms with E-state index < -0.39 is 0 Å². The highest BCUT2D eigenvalue weighted by molar-refractivity contribution is 7.99. The molecule has 4 rings (SSSR count). The second-order valence-electron chi connectivity index (χ2n) is 7.71. The molecule has 0 unspecified atom stereocenters. The number of hydrogen-bond acceptors (Lipinski definition) is 2. The molecule has 3 aromatic rings. The van der Waals surface area contributed by atoms with Crippen LogP contribution in [-0.2, 0) is 13.1 Å². The number of benzene rings is 1. The number of anilines is 1. The van der Waals surface area contributed by atoms with Crippen molar-refractivity contribution >= 4 is 17.4 Å². The van der Waals surface area contributed by atoms with E-state index in [1.807, 2.05) is 11.8 Å². The average molecular weight is 406 g/mol. The van der Waals surface area contributed by atoms with Gasteiger partial charge in [-0.25, -0.2) is 9.13 Å². The highest BCUT2D eigenvalue weighted by Crippen LogP contribution is 2.37.